The second-order valence-corrected chi connectivity index (χ2v) is 5.59. The molecule has 2 heterocycles. The van der Waals surface area contributed by atoms with Crippen molar-refractivity contribution in [1.29, 1.82) is 0 Å². The Morgan fingerprint density at radius 2 is 2.30 bits per heavy atom. The van der Waals surface area contributed by atoms with Crippen LogP contribution < -0.4 is 5.32 Å². The van der Waals surface area contributed by atoms with E-state index in [9.17, 15) is 9.18 Å². The first-order chi connectivity index (χ1) is 9.63. The number of nitrogens with one attached hydrogen (secondary N) is 1. The maximum atomic E-state index is 13.2. The molecule has 0 amide bonds. The molecule has 0 aliphatic carbocycles. The van der Waals surface area contributed by atoms with Gasteiger partial charge in [-0.05, 0) is 23.8 Å². The van der Waals surface area contributed by atoms with E-state index >= 15 is 0 Å². The second kappa shape index (κ2) is 5.41. The average Bonchev–Trinajstić information content (AvgIpc) is 2.81. The van der Waals surface area contributed by atoms with Gasteiger partial charge in [-0.25, -0.2) is 9.07 Å². The van der Waals surface area contributed by atoms with Gasteiger partial charge in [-0.15, -0.1) is 5.10 Å². The van der Waals surface area contributed by atoms with E-state index in [0.717, 1.165) is 13.1 Å². The number of carbonyl (C=O) groups is 1. The third-order valence-electron chi connectivity index (χ3n) is 3.29. The number of Topliss-reactive ketones (excluding diaryl/α,β-unsaturated/α-hetero) is 1. The predicted molar refractivity (Wildman–Crippen MR) is 74.1 cm³/mol. The molecule has 0 radical (unpaired) electrons. The first-order valence-electron chi connectivity index (χ1n) is 6.23. The molecule has 0 unspecified atom stereocenters. The fourth-order valence-electron chi connectivity index (χ4n) is 1.99. The van der Waals surface area contributed by atoms with Crippen LogP contribution in [0, 0.1) is 5.82 Å². The molecule has 1 N–H and O–H groups in total. The summed E-state index contributed by atoms with van der Waals surface area (Å²) < 4.78 is 15.6. The molecule has 1 aromatic heterocycles. The Bertz CT molecular complexity index is 654. The lowest BCUT2D eigenvalue weighted by Gasteiger charge is -2.26. The number of aromatic nitrogens is 3. The monoisotopic (exact) mass is 338 g/mol. The molecule has 1 saturated heterocycles. The van der Waals surface area contributed by atoms with Crippen LogP contribution in [0.2, 0.25) is 0 Å². The van der Waals surface area contributed by atoms with Gasteiger partial charge in [-0.2, -0.15) is 0 Å². The van der Waals surface area contributed by atoms with Crippen LogP contribution in [0.15, 0.2) is 28.9 Å². The number of carbonyl (C=O) groups excluding carboxylic acids is 1. The smallest absolute Gasteiger partial charge is 0.189 e. The lowest BCUT2D eigenvalue weighted by atomic mass is 10.1. The van der Waals surface area contributed by atoms with Crippen molar-refractivity contribution in [1.82, 2.24) is 20.3 Å². The van der Waals surface area contributed by atoms with Crippen LogP contribution >= 0.6 is 15.9 Å². The normalized spacial score (nSPS) is 15.1. The quantitative estimate of drug-likeness (QED) is 0.863. The molecule has 0 spiro atoms. The third-order valence-corrected chi connectivity index (χ3v) is 4.06. The van der Waals surface area contributed by atoms with Gasteiger partial charge in [0.25, 0.3) is 0 Å². The summed E-state index contributed by atoms with van der Waals surface area (Å²) >= 11 is 3.31. The van der Waals surface area contributed by atoms with Crippen molar-refractivity contribution >= 4 is 21.7 Å². The predicted octanol–water partition coefficient (Wildman–Crippen LogP) is 1.75. The van der Waals surface area contributed by atoms with E-state index in [1.165, 1.54) is 12.1 Å². The summed E-state index contributed by atoms with van der Waals surface area (Å²) in [6.07, 6.45) is 1.75. The highest BCUT2D eigenvalue weighted by Crippen LogP contribution is 2.20. The standard InChI is InChI=1S/C13H12BrFN4O/c14-11-2-1-9(15)3-8(11)4-13(20)12-7-19(18-17-12)10-5-16-6-10/h1-3,7,10,16H,4-6H2. The molecular weight excluding hydrogens is 327 g/mol. The highest BCUT2D eigenvalue weighted by Gasteiger charge is 2.22. The highest BCUT2D eigenvalue weighted by molar-refractivity contribution is 9.10. The highest BCUT2D eigenvalue weighted by atomic mass is 79.9. The Morgan fingerprint density at radius 3 is 3.00 bits per heavy atom. The van der Waals surface area contributed by atoms with Gasteiger partial charge in [-0.1, -0.05) is 21.1 Å². The summed E-state index contributed by atoms with van der Waals surface area (Å²) in [5.41, 5.74) is 0.919. The van der Waals surface area contributed by atoms with Gasteiger partial charge in [0.05, 0.1) is 12.2 Å². The van der Waals surface area contributed by atoms with Crippen LogP contribution in [-0.2, 0) is 6.42 Å². The minimum absolute atomic E-state index is 0.0972. The first kappa shape index (κ1) is 13.4. The lowest BCUT2D eigenvalue weighted by Crippen LogP contribution is -2.43. The van der Waals surface area contributed by atoms with E-state index in [1.807, 2.05) is 0 Å². The Balaban J connectivity index is 1.75. The number of benzene rings is 1. The summed E-state index contributed by atoms with van der Waals surface area (Å²) in [5, 5.41) is 11.0. The Labute approximate surface area is 123 Å². The zero-order chi connectivity index (χ0) is 14.1. The maximum Gasteiger partial charge on any atom is 0.189 e. The Morgan fingerprint density at radius 1 is 1.50 bits per heavy atom. The van der Waals surface area contributed by atoms with E-state index in [4.69, 9.17) is 0 Å². The SMILES string of the molecule is O=C(Cc1cc(F)ccc1Br)c1cn(C2CNC2)nn1. The van der Waals surface area contributed by atoms with Gasteiger partial charge in [0, 0.05) is 24.0 Å². The number of hydrogen-bond donors (Lipinski definition) is 1. The van der Waals surface area contributed by atoms with Gasteiger partial charge in [0.1, 0.15) is 11.5 Å². The van der Waals surface area contributed by atoms with E-state index < -0.39 is 0 Å². The number of hydrogen-bond acceptors (Lipinski definition) is 4. The summed E-state index contributed by atoms with van der Waals surface area (Å²) in [7, 11) is 0. The summed E-state index contributed by atoms with van der Waals surface area (Å²) in [4.78, 5) is 12.1. The molecule has 1 aliphatic heterocycles. The fraction of sp³-hybridized carbons (Fsp3) is 0.308. The number of ketones is 1. The van der Waals surface area contributed by atoms with Gasteiger partial charge in [-0.3, -0.25) is 4.79 Å². The maximum absolute atomic E-state index is 13.2. The molecule has 7 heteroatoms. The third kappa shape index (κ3) is 2.64. The van der Waals surface area contributed by atoms with Gasteiger partial charge >= 0.3 is 0 Å². The molecule has 5 nitrogen and oxygen atoms in total. The number of halogens is 2. The fourth-order valence-corrected chi connectivity index (χ4v) is 2.37. The molecule has 0 bridgehead atoms. The zero-order valence-corrected chi connectivity index (χ0v) is 12.1. The van der Waals surface area contributed by atoms with Crippen LogP contribution in [-0.4, -0.2) is 33.9 Å². The van der Waals surface area contributed by atoms with Crippen molar-refractivity contribution in [3.05, 3.63) is 45.9 Å². The van der Waals surface area contributed by atoms with Crippen molar-refractivity contribution in [2.75, 3.05) is 13.1 Å². The van der Waals surface area contributed by atoms with Crippen molar-refractivity contribution in [3.63, 3.8) is 0 Å². The van der Waals surface area contributed by atoms with Crippen LogP contribution in [0.4, 0.5) is 4.39 Å². The summed E-state index contributed by atoms with van der Waals surface area (Å²) in [6, 6.07) is 4.56. The first-order valence-corrected chi connectivity index (χ1v) is 7.02. The molecular formula is C13H12BrFN4O. The van der Waals surface area contributed by atoms with Crippen LogP contribution in [0.3, 0.4) is 0 Å². The Kier molecular flexibility index (Phi) is 3.62. The zero-order valence-electron chi connectivity index (χ0n) is 10.5. The molecule has 104 valence electrons. The van der Waals surface area contributed by atoms with E-state index in [1.54, 1.807) is 16.9 Å². The molecule has 20 heavy (non-hydrogen) atoms. The van der Waals surface area contributed by atoms with Crippen LogP contribution in [0.5, 0.6) is 0 Å². The van der Waals surface area contributed by atoms with Crippen LogP contribution in [0.25, 0.3) is 0 Å². The molecule has 2 aromatic rings. The van der Waals surface area contributed by atoms with Crippen molar-refractivity contribution in [2.24, 2.45) is 0 Å². The molecule has 1 fully saturated rings. The minimum Gasteiger partial charge on any atom is -0.312 e. The molecule has 0 saturated carbocycles. The molecule has 3 rings (SSSR count). The van der Waals surface area contributed by atoms with Crippen molar-refractivity contribution < 1.29 is 9.18 Å². The van der Waals surface area contributed by atoms with E-state index in [-0.39, 0.29) is 24.1 Å². The topological polar surface area (TPSA) is 59.8 Å². The minimum atomic E-state index is -0.361. The molecule has 0 atom stereocenters. The van der Waals surface area contributed by atoms with Gasteiger partial charge < -0.3 is 5.32 Å². The van der Waals surface area contributed by atoms with Gasteiger partial charge in [0.2, 0.25) is 0 Å². The summed E-state index contributed by atoms with van der Waals surface area (Å²) in [5.74, 6) is -0.532. The van der Waals surface area contributed by atoms with Crippen molar-refractivity contribution in [2.45, 2.75) is 12.5 Å². The van der Waals surface area contributed by atoms with Crippen LogP contribution in [0.1, 0.15) is 22.1 Å². The number of nitrogens with zero attached hydrogens (tertiary/aromatic N) is 3. The van der Waals surface area contributed by atoms with E-state index in [0.29, 0.717) is 15.7 Å². The number of rotatable bonds is 4. The van der Waals surface area contributed by atoms with Gasteiger partial charge in [0.15, 0.2) is 5.78 Å². The molecule has 1 aliphatic rings. The summed E-state index contributed by atoms with van der Waals surface area (Å²) in [6.45, 7) is 1.68. The Hall–Kier alpha value is -1.60. The second-order valence-electron chi connectivity index (χ2n) is 4.73. The average molecular weight is 339 g/mol. The molecule has 1 aromatic carbocycles. The lowest BCUT2D eigenvalue weighted by molar-refractivity contribution is 0.0988. The largest absolute Gasteiger partial charge is 0.312 e. The van der Waals surface area contributed by atoms with E-state index in [2.05, 4.69) is 31.6 Å². The van der Waals surface area contributed by atoms with Crippen molar-refractivity contribution in [3.8, 4) is 0 Å².